The summed E-state index contributed by atoms with van der Waals surface area (Å²) in [5.74, 6) is 0.972. The second-order valence-corrected chi connectivity index (χ2v) is 12.4. The van der Waals surface area contributed by atoms with Crippen molar-refractivity contribution < 1.29 is 19.0 Å². The van der Waals surface area contributed by atoms with Gasteiger partial charge in [0.1, 0.15) is 18.1 Å². The summed E-state index contributed by atoms with van der Waals surface area (Å²) < 4.78 is 20.2. The van der Waals surface area contributed by atoms with E-state index in [1.54, 1.807) is 25.5 Å². The van der Waals surface area contributed by atoms with Crippen molar-refractivity contribution >= 4 is 51.7 Å². The monoisotopic (exact) mass is 709 g/mol. The van der Waals surface area contributed by atoms with Crippen LogP contribution < -0.4 is 29.3 Å². The lowest BCUT2D eigenvalue weighted by Gasteiger charge is -2.25. The summed E-state index contributed by atoms with van der Waals surface area (Å²) in [4.78, 5) is 34.4. The van der Waals surface area contributed by atoms with Crippen molar-refractivity contribution in [1.29, 1.82) is 0 Å². The molecule has 0 saturated carbocycles. The first-order chi connectivity index (χ1) is 20.7. The molecule has 0 radical (unpaired) electrons. The molecule has 1 aromatic heterocycles. The summed E-state index contributed by atoms with van der Waals surface area (Å²) in [5, 5.41) is 0. The van der Waals surface area contributed by atoms with Crippen LogP contribution in [-0.4, -0.2) is 38.3 Å². The minimum Gasteiger partial charge on any atom is -0.496 e. The maximum absolute atomic E-state index is 14.0. The van der Waals surface area contributed by atoms with E-state index in [2.05, 4.69) is 27.6 Å². The van der Waals surface area contributed by atoms with Crippen molar-refractivity contribution in [1.82, 2.24) is 4.57 Å². The Balaban J connectivity index is 1.57. The van der Waals surface area contributed by atoms with Crippen LogP contribution in [0.4, 0.5) is 5.69 Å². The van der Waals surface area contributed by atoms with Crippen LogP contribution in [-0.2, 0) is 16.1 Å². The number of nitrogens with zero attached hydrogens (tertiary/aromatic N) is 3. The molecular formula is C33H32IN3O5S. The molecule has 4 aromatic rings. The van der Waals surface area contributed by atoms with E-state index in [4.69, 9.17) is 14.2 Å². The average Bonchev–Trinajstić information content (AvgIpc) is 3.30. The molecule has 1 unspecified atom stereocenters. The van der Waals surface area contributed by atoms with Gasteiger partial charge in [0.2, 0.25) is 0 Å². The molecule has 1 atom stereocenters. The number of hydrogen-bond acceptors (Lipinski definition) is 8. The number of rotatable bonds is 9. The predicted molar refractivity (Wildman–Crippen MR) is 178 cm³/mol. The summed E-state index contributed by atoms with van der Waals surface area (Å²) in [6.45, 7) is 4.07. The Morgan fingerprint density at radius 2 is 1.81 bits per heavy atom. The molecule has 1 aliphatic rings. The van der Waals surface area contributed by atoms with Crippen molar-refractivity contribution in [3.8, 4) is 11.5 Å². The first kappa shape index (κ1) is 30.6. The fourth-order valence-electron chi connectivity index (χ4n) is 4.91. The molecule has 3 aromatic carbocycles. The molecule has 8 nitrogen and oxygen atoms in total. The third-order valence-electron chi connectivity index (χ3n) is 7.05. The number of ether oxygens (including phenoxy) is 3. The van der Waals surface area contributed by atoms with E-state index in [1.807, 2.05) is 91.8 Å². The van der Waals surface area contributed by atoms with Gasteiger partial charge in [0.15, 0.2) is 4.80 Å². The Morgan fingerprint density at radius 3 is 2.47 bits per heavy atom. The SMILES string of the molecule is CCOC(=O)C1=C(C)N=c2s/c(=C\c3ccc(OC)c(COc4ccc(I)cc4)c3)c(=O)n2C1c1ccc(N(C)C)cc1. The van der Waals surface area contributed by atoms with Gasteiger partial charge in [-0.2, -0.15) is 0 Å². The first-order valence-electron chi connectivity index (χ1n) is 13.7. The third kappa shape index (κ3) is 6.54. The highest BCUT2D eigenvalue weighted by molar-refractivity contribution is 14.1. The fraction of sp³-hybridized carbons (Fsp3) is 0.242. The summed E-state index contributed by atoms with van der Waals surface area (Å²) in [6.07, 6.45) is 1.84. The van der Waals surface area contributed by atoms with E-state index in [9.17, 15) is 9.59 Å². The number of esters is 1. The van der Waals surface area contributed by atoms with Gasteiger partial charge in [-0.05, 0) is 102 Å². The molecule has 222 valence electrons. The number of anilines is 1. The van der Waals surface area contributed by atoms with Crippen molar-refractivity contribution in [3.63, 3.8) is 0 Å². The molecule has 0 aliphatic carbocycles. The topological polar surface area (TPSA) is 82.4 Å². The highest BCUT2D eigenvalue weighted by Gasteiger charge is 2.33. The molecule has 43 heavy (non-hydrogen) atoms. The number of hydrogen-bond donors (Lipinski definition) is 0. The number of carbonyl (C=O) groups is 1. The smallest absolute Gasteiger partial charge is 0.338 e. The van der Waals surface area contributed by atoms with Crippen LogP contribution in [0.2, 0.25) is 0 Å². The average molecular weight is 710 g/mol. The Hall–Kier alpha value is -3.90. The number of carbonyl (C=O) groups excluding carboxylic acids is 1. The number of aromatic nitrogens is 1. The maximum Gasteiger partial charge on any atom is 0.338 e. The third-order valence-corrected chi connectivity index (χ3v) is 8.75. The van der Waals surface area contributed by atoms with E-state index in [1.165, 1.54) is 11.3 Å². The lowest BCUT2D eigenvalue weighted by molar-refractivity contribution is -0.139. The van der Waals surface area contributed by atoms with Gasteiger partial charge in [-0.15, -0.1) is 0 Å². The van der Waals surface area contributed by atoms with Gasteiger partial charge in [0, 0.05) is 28.9 Å². The minimum absolute atomic E-state index is 0.222. The largest absolute Gasteiger partial charge is 0.496 e. The summed E-state index contributed by atoms with van der Waals surface area (Å²) in [5.41, 5.74) is 4.14. The lowest BCUT2D eigenvalue weighted by atomic mass is 9.95. The molecule has 10 heteroatoms. The molecule has 0 N–H and O–H groups in total. The van der Waals surface area contributed by atoms with Crippen LogP contribution in [0.15, 0.2) is 87.8 Å². The van der Waals surface area contributed by atoms with Crippen LogP contribution >= 0.6 is 33.9 Å². The van der Waals surface area contributed by atoms with Crippen molar-refractivity contribution in [2.75, 3.05) is 32.7 Å². The molecule has 0 fully saturated rings. The number of benzene rings is 3. The zero-order valence-corrected chi connectivity index (χ0v) is 27.6. The first-order valence-corrected chi connectivity index (χ1v) is 15.6. The van der Waals surface area contributed by atoms with Crippen molar-refractivity contribution in [2.24, 2.45) is 4.99 Å². The molecule has 0 spiro atoms. The maximum atomic E-state index is 14.0. The van der Waals surface area contributed by atoms with E-state index < -0.39 is 12.0 Å². The summed E-state index contributed by atoms with van der Waals surface area (Å²) >= 11 is 3.55. The van der Waals surface area contributed by atoms with E-state index >= 15 is 0 Å². The highest BCUT2D eigenvalue weighted by atomic mass is 127. The highest BCUT2D eigenvalue weighted by Crippen LogP contribution is 2.32. The quantitative estimate of drug-likeness (QED) is 0.179. The van der Waals surface area contributed by atoms with Gasteiger partial charge in [0.25, 0.3) is 5.56 Å². The second-order valence-electron chi connectivity index (χ2n) is 10.1. The Bertz CT molecular complexity index is 1860. The number of thiazole rings is 1. The van der Waals surface area contributed by atoms with Crippen molar-refractivity contribution in [2.45, 2.75) is 26.5 Å². The summed E-state index contributed by atoms with van der Waals surface area (Å²) in [7, 11) is 5.55. The zero-order chi connectivity index (χ0) is 30.7. The second kappa shape index (κ2) is 13.2. The Labute approximate surface area is 267 Å². The predicted octanol–water partition coefficient (Wildman–Crippen LogP) is 5.06. The zero-order valence-electron chi connectivity index (χ0n) is 24.6. The van der Waals surface area contributed by atoms with E-state index in [0.717, 1.165) is 31.7 Å². The van der Waals surface area contributed by atoms with Crippen LogP contribution in [0.5, 0.6) is 11.5 Å². The Kier molecular flexibility index (Phi) is 9.36. The number of allylic oxidation sites excluding steroid dienone is 1. The molecule has 0 saturated heterocycles. The molecule has 1 aliphatic heterocycles. The van der Waals surface area contributed by atoms with Crippen LogP contribution in [0.1, 0.15) is 36.6 Å². The minimum atomic E-state index is -0.664. The van der Waals surface area contributed by atoms with Gasteiger partial charge >= 0.3 is 5.97 Å². The lowest BCUT2D eigenvalue weighted by Crippen LogP contribution is -2.39. The van der Waals surface area contributed by atoms with Crippen LogP contribution in [0.3, 0.4) is 0 Å². The fourth-order valence-corrected chi connectivity index (χ4v) is 6.31. The van der Waals surface area contributed by atoms with E-state index in [-0.39, 0.29) is 12.2 Å². The van der Waals surface area contributed by atoms with Crippen molar-refractivity contribution in [3.05, 3.63) is 118 Å². The standard InChI is InChI=1S/C33H32IN3O5S/c1-6-41-32(39)29-20(2)35-33-37(30(29)22-8-12-25(13-9-22)36(3)4)31(38)28(43-33)18-21-7-16-27(40-5)23(17-21)19-42-26-14-10-24(34)11-15-26/h7-18,30H,6,19H2,1-5H3/b28-18-. The molecular weight excluding hydrogens is 677 g/mol. The van der Waals surface area contributed by atoms with Gasteiger partial charge in [-0.25, -0.2) is 9.79 Å². The molecule has 0 bridgehead atoms. The Morgan fingerprint density at radius 1 is 1.09 bits per heavy atom. The van der Waals surface area contributed by atoms with Gasteiger partial charge < -0.3 is 19.1 Å². The molecule has 2 heterocycles. The number of methoxy groups -OCH3 is 1. The normalized spacial score (nSPS) is 14.7. The number of halogens is 1. The van der Waals surface area contributed by atoms with Gasteiger partial charge in [-0.3, -0.25) is 9.36 Å². The molecule has 5 rings (SSSR count). The number of fused-ring (bicyclic) bond motifs is 1. The van der Waals surface area contributed by atoms with Gasteiger partial charge in [-0.1, -0.05) is 29.5 Å². The van der Waals surface area contributed by atoms with Crippen LogP contribution in [0.25, 0.3) is 6.08 Å². The van der Waals surface area contributed by atoms with Gasteiger partial charge in [0.05, 0.1) is 35.6 Å². The summed E-state index contributed by atoms with van der Waals surface area (Å²) in [6, 6.07) is 20.7. The van der Waals surface area contributed by atoms with Crippen LogP contribution in [0, 0.1) is 3.57 Å². The van der Waals surface area contributed by atoms with E-state index in [0.29, 0.717) is 33.0 Å². The molecule has 0 amide bonds.